The number of amides is 1. The van der Waals surface area contributed by atoms with Gasteiger partial charge in [-0.2, -0.15) is 0 Å². The Hall–Kier alpha value is -1.51. The van der Waals surface area contributed by atoms with Crippen LogP contribution in [0.2, 0.25) is 0 Å². The Labute approximate surface area is 116 Å². The molecule has 3 heteroatoms. The Morgan fingerprint density at radius 1 is 1.32 bits per heavy atom. The summed E-state index contributed by atoms with van der Waals surface area (Å²) in [5.74, 6) is 1.58. The van der Waals surface area contributed by atoms with Gasteiger partial charge in [-0.1, -0.05) is 26.0 Å². The number of hydrogen-bond acceptors (Lipinski definition) is 2. The summed E-state index contributed by atoms with van der Waals surface area (Å²) in [6, 6.07) is 6.34. The lowest BCUT2D eigenvalue weighted by molar-refractivity contribution is -0.128. The molecule has 0 saturated heterocycles. The fourth-order valence-corrected chi connectivity index (χ4v) is 1.76. The zero-order chi connectivity index (χ0) is 14.4. The summed E-state index contributed by atoms with van der Waals surface area (Å²) in [7, 11) is 3.55. The van der Waals surface area contributed by atoms with E-state index < -0.39 is 0 Å². The monoisotopic (exact) mass is 263 g/mol. The van der Waals surface area contributed by atoms with Crippen LogP contribution in [0.5, 0.6) is 5.75 Å². The third-order valence-corrected chi connectivity index (χ3v) is 3.17. The summed E-state index contributed by atoms with van der Waals surface area (Å²) < 4.78 is 5.79. The van der Waals surface area contributed by atoms with Crippen molar-refractivity contribution in [3.63, 3.8) is 0 Å². The molecule has 0 N–H and O–H groups in total. The normalized spacial score (nSPS) is 10.6. The van der Waals surface area contributed by atoms with Crippen LogP contribution < -0.4 is 4.74 Å². The maximum absolute atomic E-state index is 11.4. The minimum absolute atomic E-state index is 0.149. The van der Waals surface area contributed by atoms with Crippen molar-refractivity contribution in [2.24, 2.45) is 0 Å². The molecule has 0 atom stereocenters. The van der Waals surface area contributed by atoms with Crippen LogP contribution in [0.1, 0.15) is 43.7 Å². The van der Waals surface area contributed by atoms with Crippen LogP contribution >= 0.6 is 0 Å². The third kappa shape index (κ3) is 4.93. The van der Waals surface area contributed by atoms with Gasteiger partial charge in [-0.05, 0) is 36.5 Å². The summed E-state index contributed by atoms with van der Waals surface area (Å²) >= 11 is 0. The van der Waals surface area contributed by atoms with E-state index in [2.05, 4.69) is 32.0 Å². The maximum Gasteiger partial charge on any atom is 0.222 e. The highest BCUT2D eigenvalue weighted by Gasteiger charge is 2.06. The van der Waals surface area contributed by atoms with Crippen LogP contribution in [0.3, 0.4) is 0 Å². The molecule has 0 aliphatic carbocycles. The summed E-state index contributed by atoms with van der Waals surface area (Å²) in [6.45, 7) is 6.97. The van der Waals surface area contributed by atoms with Gasteiger partial charge in [0.15, 0.2) is 0 Å². The first kappa shape index (κ1) is 15.5. The zero-order valence-electron chi connectivity index (χ0n) is 12.7. The smallest absolute Gasteiger partial charge is 0.222 e. The van der Waals surface area contributed by atoms with Gasteiger partial charge in [0, 0.05) is 20.5 Å². The van der Waals surface area contributed by atoms with Gasteiger partial charge in [0.25, 0.3) is 0 Å². The van der Waals surface area contributed by atoms with E-state index in [9.17, 15) is 4.79 Å². The van der Waals surface area contributed by atoms with Crippen molar-refractivity contribution in [3.8, 4) is 5.75 Å². The lowest BCUT2D eigenvalue weighted by Crippen LogP contribution is -2.21. The summed E-state index contributed by atoms with van der Waals surface area (Å²) in [5.41, 5.74) is 2.42. The van der Waals surface area contributed by atoms with E-state index >= 15 is 0 Å². The molecular weight excluding hydrogens is 238 g/mol. The van der Waals surface area contributed by atoms with Crippen molar-refractivity contribution in [2.75, 3.05) is 20.7 Å². The van der Waals surface area contributed by atoms with Crippen LogP contribution in [0, 0.1) is 6.92 Å². The molecule has 1 aromatic carbocycles. The van der Waals surface area contributed by atoms with Gasteiger partial charge in [0.2, 0.25) is 5.91 Å². The Bertz CT molecular complexity index is 425. The average molecular weight is 263 g/mol. The maximum atomic E-state index is 11.4. The van der Waals surface area contributed by atoms with E-state index in [0.29, 0.717) is 18.9 Å². The number of nitrogens with zero attached hydrogens (tertiary/aromatic N) is 1. The molecule has 106 valence electrons. The van der Waals surface area contributed by atoms with Gasteiger partial charge in [-0.25, -0.2) is 0 Å². The summed E-state index contributed by atoms with van der Waals surface area (Å²) in [4.78, 5) is 13.1. The predicted octanol–water partition coefficient (Wildman–Crippen LogP) is 3.37. The van der Waals surface area contributed by atoms with Crippen molar-refractivity contribution < 1.29 is 9.53 Å². The molecule has 0 unspecified atom stereocenters. The second-order valence-corrected chi connectivity index (χ2v) is 5.42. The highest BCUT2D eigenvalue weighted by Crippen LogP contribution is 2.24. The topological polar surface area (TPSA) is 29.5 Å². The minimum Gasteiger partial charge on any atom is -0.493 e. The van der Waals surface area contributed by atoms with E-state index in [1.807, 2.05) is 6.92 Å². The molecule has 1 rings (SSSR count). The van der Waals surface area contributed by atoms with Crippen molar-refractivity contribution in [1.82, 2.24) is 4.90 Å². The third-order valence-electron chi connectivity index (χ3n) is 3.17. The van der Waals surface area contributed by atoms with Crippen LogP contribution in [0.15, 0.2) is 18.2 Å². The van der Waals surface area contributed by atoms with Gasteiger partial charge in [0.1, 0.15) is 5.75 Å². The number of benzene rings is 1. The first-order chi connectivity index (χ1) is 8.91. The number of carbonyl (C=O) groups excluding carboxylic acids is 1. The van der Waals surface area contributed by atoms with E-state index in [4.69, 9.17) is 4.74 Å². The molecule has 0 heterocycles. The highest BCUT2D eigenvalue weighted by atomic mass is 16.5. The molecular formula is C16H25NO2. The molecule has 0 aliphatic rings. The first-order valence-corrected chi connectivity index (χ1v) is 6.85. The number of ether oxygens (including phenoxy) is 1. The molecule has 0 bridgehead atoms. The fourth-order valence-electron chi connectivity index (χ4n) is 1.76. The average Bonchev–Trinajstić information content (AvgIpc) is 2.35. The molecule has 3 nitrogen and oxygen atoms in total. The lowest BCUT2D eigenvalue weighted by atomic mass is 10.0. The quantitative estimate of drug-likeness (QED) is 0.736. The molecule has 1 amide bonds. The van der Waals surface area contributed by atoms with Gasteiger partial charge in [-0.3, -0.25) is 4.79 Å². The number of carbonyl (C=O) groups is 1. The molecule has 0 saturated carbocycles. The van der Waals surface area contributed by atoms with Crippen molar-refractivity contribution >= 4 is 5.91 Å². The number of rotatable bonds is 6. The van der Waals surface area contributed by atoms with Crippen LogP contribution in [0.4, 0.5) is 0 Å². The Morgan fingerprint density at radius 2 is 2.00 bits per heavy atom. The Balaban J connectivity index is 2.49. The van der Waals surface area contributed by atoms with E-state index in [1.54, 1.807) is 19.0 Å². The molecule has 1 aromatic rings. The van der Waals surface area contributed by atoms with Crippen LogP contribution in [-0.4, -0.2) is 31.5 Å². The number of aryl methyl sites for hydroxylation is 1. The highest BCUT2D eigenvalue weighted by molar-refractivity contribution is 5.75. The molecule has 0 radical (unpaired) electrons. The zero-order valence-corrected chi connectivity index (χ0v) is 12.7. The van der Waals surface area contributed by atoms with E-state index in [-0.39, 0.29) is 5.91 Å². The molecule has 19 heavy (non-hydrogen) atoms. The number of hydrogen-bond donors (Lipinski definition) is 0. The van der Waals surface area contributed by atoms with Crippen molar-refractivity contribution in [2.45, 2.75) is 39.5 Å². The van der Waals surface area contributed by atoms with E-state index in [0.717, 1.165) is 17.7 Å². The fraction of sp³-hybridized carbons (Fsp3) is 0.562. The predicted molar refractivity (Wildman–Crippen MR) is 78.7 cm³/mol. The summed E-state index contributed by atoms with van der Waals surface area (Å²) in [6.07, 6.45) is 1.29. The van der Waals surface area contributed by atoms with Crippen LogP contribution in [0.25, 0.3) is 0 Å². The second-order valence-electron chi connectivity index (χ2n) is 5.42. The van der Waals surface area contributed by atoms with Crippen molar-refractivity contribution in [1.29, 1.82) is 0 Å². The standard InChI is InChI=1S/C16H25NO2/c1-12(2)14-9-8-13(3)15(11-14)19-10-6-7-16(18)17(4)5/h8-9,11-12H,6-7,10H2,1-5H3. The first-order valence-electron chi connectivity index (χ1n) is 6.85. The van der Waals surface area contributed by atoms with Crippen molar-refractivity contribution in [3.05, 3.63) is 29.3 Å². The molecule has 0 aromatic heterocycles. The largest absolute Gasteiger partial charge is 0.493 e. The minimum atomic E-state index is 0.149. The SMILES string of the molecule is Cc1ccc(C(C)C)cc1OCCCC(=O)N(C)C. The lowest BCUT2D eigenvalue weighted by Gasteiger charge is -2.13. The van der Waals surface area contributed by atoms with Gasteiger partial charge >= 0.3 is 0 Å². The van der Waals surface area contributed by atoms with Gasteiger partial charge in [-0.15, -0.1) is 0 Å². The second kappa shape index (κ2) is 7.17. The van der Waals surface area contributed by atoms with Gasteiger partial charge in [0.05, 0.1) is 6.61 Å². The molecule has 0 fully saturated rings. The summed E-state index contributed by atoms with van der Waals surface area (Å²) in [5, 5.41) is 0. The molecule has 0 aliphatic heterocycles. The molecule has 0 spiro atoms. The van der Waals surface area contributed by atoms with E-state index in [1.165, 1.54) is 5.56 Å². The van der Waals surface area contributed by atoms with Gasteiger partial charge < -0.3 is 9.64 Å². The Kier molecular flexibility index (Phi) is 5.87. The Morgan fingerprint density at radius 3 is 2.58 bits per heavy atom. The van der Waals surface area contributed by atoms with Crippen LogP contribution in [-0.2, 0) is 4.79 Å².